The Bertz CT molecular complexity index is 990. The summed E-state index contributed by atoms with van der Waals surface area (Å²) in [5.41, 5.74) is 4.05. The van der Waals surface area contributed by atoms with Gasteiger partial charge < -0.3 is 19.3 Å². The average Bonchev–Trinajstić information content (AvgIpc) is 3.06. The van der Waals surface area contributed by atoms with Gasteiger partial charge in [-0.25, -0.2) is 0 Å². The van der Waals surface area contributed by atoms with Crippen molar-refractivity contribution in [1.82, 2.24) is 10.5 Å². The fourth-order valence-corrected chi connectivity index (χ4v) is 3.17. The molecule has 0 aliphatic heterocycles. The highest BCUT2D eigenvalue weighted by molar-refractivity contribution is 5.94. The minimum atomic E-state index is -0.309. The highest BCUT2D eigenvalue weighted by atomic mass is 16.5. The molecule has 3 aromatic rings. The quantitative estimate of drug-likeness (QED) is 0.630. The first-order chi connectivity index (χ1) is 13.9. The minimum absolute atomic E-state index is 0.203. The van der Waals surface area contributed by atoms with Crippen LogP contribution in [0.1, 0.15) is 51.5 Å². The lowest BCUT2D eigenvalue weighted by Gasteiger charge is -2.15. The van der Waals surface area contributed by atoms with Gasteiger partial charge in [-0.3, -0.25) is 4.79 Å². The predicted molar refractivity (Wildman–Crippen MR) is 110 cm³/mol. The number of carbonyl (C=O) groups is 1. The molecule has 6 nitrogen and oxygen atoms in total. The number of hydrogen-bond donors (Lipinski definition) is 1. The van der Waals surface area contributed by atoms with Gasteiger partial charge in [0.2, 0.25) is 0 Å². The van der Waals surface area contributed by atoms with Gasteiger partial charge >= 0.3 is 0 Å². The first-order valence-corrected chi connectivity index (χ1v) is 9.48. The van der Waals surface area contributed by atoms with Gasteiger partial charge in [0, 0.05) is 0 Å². The summed E-state index contributed by atoms with van der Waals surface area (Å²) in [6.45, 7) is 7.92. The molecule has 0 fully saturated rings. The smallest absolute Gasteiger partial charge is 0.274 e. The van der Waals surface area contributed by atoms with E-state index in [9.17, 15) is 4.79 Å². The molecule has 2 aromatic carbocycles. The second-order valence-electron chi connectivity index (χ2n) is 7.15. The van der Waals surface area contributed by atoms with Gasteiger partial charge in [0.05, 0.1) is 18.7 Å². The molecule has 0 aliphatic rings. The number of nitrogens with one attached hydrogen (secondary N) is 1. The molecule has 0 aliphatic carbocycles. The van der Waals surface area contributed by atoms with Crippen molar-refractivity contribution in [3.8, 4) is 11.5 Å². The molecule has 1 amide bonds. The van der Waals surface area contributed by atoms with Gasteiger partial charge in [-0.2, -0.15) is 0 Å². The highest BCUT2D eigenvalue weighted by Crippen LogP contribution is 2.22. The maximum atomic E-state index is 12.8. The van der Waals surface area contributed by atoms with Crippen LogP contribution in [0.15, 0.2) is 47.0 Å². The van der Waals surface area contributed by atoms with Gasteiger partial charge in [-0.05, 0) is 68.7 Å². The molecule has 0 saturated carbocycles. The maximum Gasteiger partial charge on any atom is 0.274 e. The zero-order valence-corrected chi connectivity index (χ0v) is 17.4. The lowest BCUT2D eigenvalue weighted by molar-refractivity contribution is 0.0928. The van der Waals surface area contributed by atoms with Gasteiger partial charge in [0.1, 0.15) is 23.9 Å². The minimum Gasteiger partial charge on any atom is -0.497 e. The predicted octanol–water partition coefficient (Wildman–Crippen LogP) is 4.68. The van der Waals surface area contributed by atoms with Crippen LogP contribution in [0.4, 0.5) is 0 Å². The van der Waals surface area contributed by atoms with E-state index in [4.69, 9.17) is 14.0 Å². The van der Waals surface area contributed by atoms with E-state index in [0.717, 1.165) is 28.2 Å². The normalized spacial score (nSPS) is 11.8. The molecule has 0 saturated heterocycles. The SMILES string of the molecule is COc1cccc(C(C)NC(=O)c2noc(C)c2COc2cc(C)cc(C)c2)c1. The van der Waals surface area contributed by atoms with Crippen LogP contribution in [0.25, 0.3) is 0 Å². The number of aromatic nitrogens is 1. The van der Waals surface area contributed by atoms with Crippen molar-refractivity contribution in [3.63, 3.8) is 0 Å². The summed E-state index contributed by atoms with van der Waals surface area (Å²) in [6, 6.07) is 13.4. The standard InChI is InChI=1S/C23H26N2O4/c1-14-9-15(2)11-20(10-14)28-13-21-17(4)29-25-22(21)23(26)24-16(3)18-7-6-8-19(12-18)27-5/h6-12,16H,13H2,1-5H3,(H,24,26). The zero-order chi connectivity index (χ0) is 21.0. The zero-order valence-electron chi connectivity index (χ0n) is 17.4. The van der Waals surface area contributed by atoms with Crippen molar-refractivity contribution in [3.05, 3.63) is 76.2 Å². The summed E-state index contributed by atoms with van der Waals surface area (Å²) in [5, 5.41) is 6.91. The van der Waals surface area contributed by atoms with Crippen molar-refractivity contribution in [2.45, 2.75) is 40.3 Å². The summed E-state index contributed by atoms with van der Waals surface area (Å²) >= 11 is 0. The van der Waals surface area contributed by atoms with Gasteiger partial charge in [0.15, 0.2) is 5.69 Å². The number of benzene rings is 2. The van der Waals surface area contributed by atoms with E-state index >= 15 is 0 Å². The number of rotatable bonds is 7. The first-order valence-electron chi connectivity index (χ1n) is 9.48. The molecule has 1 N–H and O–H groups in total. The summed E-state index contributed by atoms with van der Waals surface area (Å²) in [7, 11) is 1.61. The molecule has 1 heterocycles. The third-order valence-electron chi connectivity index (χ3n) is 4.72. The van der Waals surface area contributed by atoms with E-state index in [2.05, 4.69) is 16.5 Å². The molecule has 1 aromatic heterocycles. The molecule has 0 bridgehead atoms. The molecule has 1 atom stereocenters. The summed E-state index contributed by atoms with van der Waals surface area (Å²) < 4.78 is 16.4. The number of hydrogen-bond acceptors (Lipinski definition) is 5. The van der Waals surface area contributed by atoms with Crippen LogP contribution in [0.2, 0.25) is 0 Å². The Morgan fingerprint density at radius 3 is 2.52 bits per heavy atom. The second kappa shape index (κ2) is 8.82. The average molecular weight is 394 g/mol. The fraction of sp³-hybridized carbons (Fsp3) is 0.304. The van der Waals surface area contributed by atoms with Gasteiger partial charge in [-0.1, -0.05) is 23.4 Å². The van der Waals surface area contributed by atoms with Gasteiger partial charge in [0.25, 0.3) is 5.91 Å². The molecule has 0 spiro atoms. The van der Waals surface area contributed by atoms with Crippen molar-refractivity contribution in [2.75, 3.05) is 7.11 Å². The Labute approximate surface area is 170 Å². The Morgan fingerprint density at radius 2 is 1.83 bits per heavy atom. The fourth-order valence-electron chi connectivity index (χ4n) is 3.17. The first kappa shape index (κ1) is 20.5. The van der Waals surface area contributed by atoms with Crippen LogP contribution in [-0.2, 0) is 6.61 Å². The van der Waals surface area contributed by atoms with Crippen LogP contribution in [0.5, 0.6) is 11.5 Å². The number of nitrogens with zero attached hydrogens (tertiary/aromatic N) is 1. The van der Waals surface area contributed by atoms with E-state index in [-0.39, 0.29) is 24.2 Å². The number of carbonyl (C=O) groups excluding carboxylic acids is 1. The Morgan fingerprint density at radius 1 is 1.10 bits per heavy atom. The van der Waals surface area contributed by atoms with E-state index in [0.29, 0.717) is 11.3 Å². The van der Waals surface area contributed by atoms with Crippen LogP contribution in [0.3, 0.4) is 0 Å². The monoisotopic (exact) mass is 394 g/mol. The number of aryl methyl sites for hydroxylation is 3. The van der Waals surface area contributed by atoms with E-state index < -0.39 is 0 Å². The molecule has 29 heavy (non-hydrogen) atoms. The van der Waals surface area contributed by atoms with Crippen LogP contribution in [-0.4, -0.2) is 18.2 Å². The number of amides is 1. The van der Waals surface area contributed by atoms with Gasteiger partial charge in [-0.15, -0.1) is 0 Å². The van der Waals surface area contributed by atoms with E-state index in [1.54, 1.807) is 14.0 Å². The number of methoxy groups -OCH3 is 1. The highest BCUT2D eigenvalue weighted by Gasteiger charge is 2.22. The van der Waals surface area contributed by atoms with Crippen molar-refractivity contribution < 1.29 is 18.8 Å². The third-order valence-corrected chi connectivity index (χ3v) is 4.72. The summed E-state index contributed by atoms with van der Waals surface area (Å²) in [6.07, 6.45) is 0. The third kappa shape index (κ3) is 4.96. The molecule has 1 unspecified atom stereocenters. The molecule has 3 rings (SSSR count). The second-order valence-corrected chi connectivity index (χ2v) is 7.15. The molecular formula is C23H26N2O4. The molecule has 152 valence electrons. The van der Waals surface area contributed by atoms with E-state index in [1.807, 2.05) is 57.2 Å². The molecule has 0 radical (unpaired) electrons. The Kier molecular flexibility index (Phi) is 6.22. The largest absolute Gasteiger partial charge is 0.497 e. The van der Waals surface area contributed by atoms with Crippen LogP contribution in [0, 0.1) is 20.8 Å². The van der Waals surface area contributed by atoms with E-state index in [1.165, 1.54) is 0 Å². The topological polar surface area (TPSA) is 73.6 Å². The summed E-state index contributed by atoms with van der Waals surface area (Å²) in [5.74, 6) is 1.74. The summed E-state index contributed by atoms with van der Waals surface area (Å²) in [4.78, 5) is 12.8. The van der Waals surface area contributed by atoms with Crippen molar-refractivity contribution >= 4 is 5.91 Å². The lowest BCUT2D eigenvalue weighted by Crippen LogP contribution is -2.28. The maximum absolute atomic E-state index is 12.8. The van der Waals surface area contributed by atoms with Crippen molar-refractivity contribution in [1.29, 1.82) is 0 Å². The van der Waals surface area contributed by atoms with Crippen LogP contribution < -0.4 is 14.8 Å². The number of ether oxygens (including phenoxy) is 2. The Hall–Kier alpha value is -3.28. The Balaban J connectivity index is 1.73. The van der Waals surface area contributed by atoms with Crippen molar-refractivity contribution in [2.24, 2.45) is 0 Å². The molecule has 6 heteroatoms. The lowest BCUT2D eigenvalue weighted by atomic mass is 10.1. The molecular weight excluding hydrogens is 368 g/mol. The van der Waals surface area contributed by atoms with Crippen LogP contribution >= 0.6 is 0 Å².